The number of nitrogens with zero attached hydrogens (tertiary/aromatic N) is 2. The molecule has 1 unspecified atom stereocenters. The topological polar surface area (TPSA) is 43.8 Å². The van der Waals surface area contributed by atoms with E-state index in [4.69, 9.17) is 5.11 Å². The fourth-order valence-corrected chi connectivity index (χ4v) is 1.63. The maximum absolute atomic E-state index is 12.1. The van der Waals surface area contributed by atoms with Crippen molar-refractivity contribution in [2.24, 2.45) is 0 Å². The van der Waals surface area contributed by atoms with Crippen LogP contribution in [0.1, 0.15) is 26.7 Å². The first kappa shape index (κ1) is 14.4. The number of carbonyl (C=O) groups is 1. The molecular weight excluding hydrogens is 192 g/mol. The molecule has 4 heteroatoms. The summed E-state index contributed by atoms with van der Waals surface area (Å²) >= 11 is 0. The monoisotopic (exact) mass is 216 g/mol. The second-order valence-electron chi connectivity index (χ2n) is 3.91. The SMILES string of the molecule is CCCC(C(=O)N(CC)CCO)N(C)C. The van der Waals surface area contributed by atoms with Crippen LogP contribution in [0.15, 0.2) is 0 Å². The minimum absolute atomic E-state index is 0.0336. The van der Waals surface area contributed by atoms with Crippen LogP contribution in [0.25, 0.3) is 0 Å². The van der Waals surface area contributed by atoms with Gasteiger partial charge in [-0.15, -0.1) is 0 Å². The van der Waals surface area contributed by atoms with E-state index >= 15 is 0 Å². The summed E-state index contributed by atoms with van der Waals surface area (Å²) in [5, 5.41) is 8.86. The zero-order chi connectivity index (χ0) is 11.8. The first-order chi connectivity index (χ1) is 7.08. The standard InChI is InChI=1S/C11H24N2O2/c1-5-7-10(12(3)4)11(15)13(6-2)8-9-14/h10,14H,5-9H2,1-4H3. The Balaban J connectivity index is 4.44. The molecular formula is C11H24N2O2. The Bertz CT molecular complexity index is 183. The summed E-state index contributed by atoms with van der Waals surface area (Å²) in [7, 11) is 3.84. The zero-order valence-corrected chi connectivity index (χ0v) is 10.4. The van der Waals surface area contributed by atoms with Gasteiger partial charge in [0.15, 0.2) is 0 Å². The first-order valence-electron chi connectivity index (χ1n) is 5.64. The molecule has 0 bridgehead atoms. The normalized spacial score (nSPS) is 12.9. The van der Waals surface area contributed by atoms with Crippen molar-refractivity contribution in [1.82, 2.24) is 9.80 Å². The van der Waals surface area contributed by atoms with Crippen molar-refractivity contribution in [3.05, 3.63) is 0 Å². The quantitative estimate of drug-likeness (QED) is 0.676. The van der Waals surface area contributed by atoms with Crippen molar-refractivity contribution in [3.8, 4) is 0 Å². The van der Waals surface area contributed by atoms with Gasteiger partial charge in [-0.3, -0.25) is 9.69 Å². The molecule has 0 heterocycles. The minimum Gasteiger partial charge on any atom is -0.395 e. The van der Waals surface area contributed by atoms with Crippen molar-refractivity contribution < 1.29 is 9.90 Å². The van der Waals surface area contributed by atoms with Gasteiger partial charge in [0.1, 0.15) is 0 Å². The second-order valence-corrected chi connectivity index (χ2v) is 3.91. The van der Waals surface area contributed by atoms with E-state index < -0.39 is 0 Å². The largest absolute Gasteiger partial charge is 0.395 e. The van der Waals surface area contributed by atoms with Gasteiger partial charge in [-0.25, -0.2) is 0 Å². The van der Waals surface area contributed by atoms with Gasteiger partial charge in [0.25, 0.3) is 0 Å². The predicted octanol–water partition coefficient (Wildman–Crippen LogP) is 0.557. The smallest absolute Gasteiger partial charge is 0.239 e. The number of aliphatic hydroxyl groups excluding tert-OH is 1. The molecule has 0 fully saturated rings. The Morgan fingerprint density at radius 2 is 1.93 bits per heavy atom. The molecule has 0 aromatic rings. The predicted molar refractivity (Wildman–Crippen MR) is 61.7 cm³/mol. The fourth-order valence-electron chi connectivity index (χ4n) is 1.63. The zero-order valence-electron chi connectivity index (χ0n) is 10.4. The van der Waals surface area contributed by atoms with Crippen LogP contribution in [0.5, 0.6) is 0 Å². The summed E-state index contributed by atoms with van der Waals surface area (Å²) in [6, 6.07) is -0.0542. The summed E-state index contributed by atoms with van der Waals surface area (Å²) < 4.78 is 0. The highest BCUT2D eigenvalue weighted by Crippen LogP contribution is 2.07. The number of aliphatic hydroxyl groups is 1. The van der Waals surface area contributed by atoms with Gasteiger partial charge in [-0.05, 0) is 27.4 Å². The molecule has 0 saturated carbocycles. The van der Waals surface area contributed by atoms with Crippen molar-refractivity contribution in [3.63, 3.8) is 0 Å². The van der Waals surface area contributed by atoms with Crippen LogP contribution < -0.4 is 0 Å². The number of carbonyl (C=O) groups excluding carboxylic acids is 1. The van der Waals surface area contributed by atoms with E-state index in [-0.39, 0.29) is 18.6 Å². The van der Waals surface area contributed by atoms with Gasteiger partial charge in [0.05, 0.1) is 12.6 Å². The number of hydrogen-bond acceptors (Lipinski definition) is 3. The lowest BCUT2D eigenvalue weighted by molar-refractivity contribution is -0.136. The van der Waals surface area contributed by atoms with Crippen LogP contribution >= 0.6 is 0 Å². The fraction of sp³-hybridized carbons (Fsp3) is 0.909. The Morgan fingerprint density at radius 1 is 1.33 bits per heavy atom. The molecule has 0 rings (SSSR count). The molecule has 1 N–H and O–H groups in total. The van der Waals surface area contributed by atoms with Crippen molar-refractivity contribution in [2.75, 3.05) is 33.8 Å². The maximum atomic E-state index is 12.1. The average molecular weight is 216 g/mol. The third-order valence-corrected chi connectivity index (χ3v) is 2.53. The van der Waals surface area contributed by atoms with Crippen LogP contribution in [-0.2, 0) is 4.79 Å². The summed E-state index contributed by atoms with van der Waals surface area (Å²) in [5.41, 5.74) is 0. The molecule has 90 valence electrons. The number of amides is 1. The van der Waals surface area contributed by atoms with Gasteiger partial charge in [0.2, 0.25) is 5.91 Å². The minimum atomic E-state index is -0.0542. The Kier molecular flexibility index (Phi) is 7.34. The van der Waals surface area contributed by atoms with Crippen LogP contribution in [0, 0.1) is 0 Å². The van der Waals surface area contributed by atoms with E-state index in [0.717, 1.165) is 12.8 Å². The van der Waals surface area contributed by atoms with Gasteiger partial charge < -0.3 is 10.0 Å². The van der Waals surface area contributed by atoms with Gasteiger partial charge >= 0.3 is 0 Å². The third kappa shape index (κ3) is 4.62. The summed E-state index contributed by atoms with van der Waals surface area (Å²) in [5.74, 6) is 0.124. The molecule has 1 atom stereocenters. The van der Waals surface area contributed by atoms with Gasteiger partial charge in [0, 0.05) is 13.1 Å². The third-order valence-electron chi connectivity index (χ3n) is 2.53. The van der Waals surface area contributed by atoms with E-state index in [9.17, 15) is 4.79 Å². The number of likely N-dealkylation sites (N-methyl/N-ethyl adjacent to an activating group) is 2. The first-order valence-corrected chi connectivity index (χ1v) is 5.64. The molecule has 0 radical (unpaired) electrons. The molecule has 1 amide bonds. The summed E-state index contributed by atoms with van der Waals surface area (Å²) in [4.78, 5) is 15.7. The second kappa shape index (κ2) is 7.65. The van der Waals surface area contributed by atoms with Crippen molar-refractivity contribution >= 4 is 5.91 Å². The Morgan fingerprint density at radius 3 is 2.27 bits per heavy atom. The lowest BCUT2D eigenvalue weighted by Gasteiger charge is -2.29. The Hall–Kier alpha value is -0.610. The highest BCUT2D eigenvalue weighted by atomic mass is 16.3. The Labute approximate surface area is 92.9 Å². The van der Waals surface area contributed by atoms with Crippen molar-refractivity contribution in [2.45, 2.75) is 32.7 Å². The molecule has 0 saturated heterocycles. The van der Waals surface area contributed by atoms with E-state index in [0.29, 0.717) is 13.1 Å². The van der Waals surface area contributed by atoms with Crippen LogP contribution in [0.4, 0.5) is 0 Å². The van der Waals surface area contributed by atoms with E-state index in [1.165, 1.54) is 0 Å². The summed E-state index contributed by atoms with van der Waals surface area (Å²) in [6.45, 7) is 5.14. The average Bonchev–Trinajstić information content (AvgIpc) is 2.21. The van der Waals surface area contributed by atoms with Crippen LogP contribution in [0.3, 0.4) is 0 Å². The number of rotatable bonds is 7. The maximum Gasteiger partial charge on any atom is 0.239 e. The number of hydrogen-bond donors (Lipinski definition) is 1. The van der Waals surface area contributed by atoms with Gasteiger partial charge in [-0.2, -0.15) is 0 Å². The molecule has 15 heavy (non-hydrogen) atoms. The molecule has 0 spiro atoms. The molecule has 0 aliphatic carbocycles. The lowest BCUT2D eigenvalue weighted by Crippen LogP contribution is -2.46. The van der Waals surface area contributed by atoms with Crippen LogP contribution in [0.2, 0.25) is 0 Å². The van der Waals surface area contributed by atoms with Crippen molar-refractivity contribution in [1.29, 1.82) is 0 Å². The highest BCUT2D eigenvalue weighted by molar-refractivity contribution is 5.81. The van der Waals surface area contributed by atoms with Gasteiger partial charge in [-0.1, -0.05) is 13.3 Å². The molecule has 0 aromatic carbocycles. The van der Waals surface area contributed by atoms with E-state index in [2.05, 4.69) is 6.92 Å². The molecule has 0 aliphatic heterocycles. The summed E-state index contributed by atoms with van der Waals surface area (Å²) in [6.07, 6.45) is 1.86. The van der Waals surface area contributed by atoms with E-state index in [1.54, 1.807) is 4.90 Å². The van der Waals surface area contributed by atoms with Crippen LogP contribution in [-0.4, -0.2) is 60.6 Å². The molecule has 0 aromatic heterocycles. The lowest BCUT2D eigenvalue weighted by atomic mass is 10.1. The van der Waals surface area contributed by atoms with E-state index in [1.807, 2.05) is 25.9 Å². The highest BCUT2D eigenvalue weighted by Gasteiger charge is 2.23. The molecule has 4 nitrogen and oxygen atoms in total. The molecule has 0 aliphatic rings.